The zero-order valence-corrected chi connectivity index (χ0v) is 11.1. The molecule has 0 saturated carbocycles. The maximum absolute atomic E-state index is 13.4. The predicted molar refractivity (Wildman–Crippen MR) is 68.4 cm³/mol. The van der Waals surface area contributed by atoms with Crippen LogP contribution in [0.3, 0.4) is 0 Å². The SMILES string of the molecule is CSC(=Nc1c(I)ccc(F)c1F)NC#N. The second-order valence-electron chi connectivity index (χ2n) is 2.55. The van der Waals surface area contributed by atoms with E-state index in [2.05, 4.69) is 10.3 Å². The number of hydrogen-bond donors (Lipinski definition) is 1. The Balaban J connectivity index is 3.23. The van der Waals surface area contributed by atoms with Gasteiger partial charge in [0.15, 0.2) is 23.0 Å². The summed E-state index contributed by atoms with van der Waals surface area (Å²) in [5.74, 6) is -1.98. The molecular formula is C9H6F2IN3S. The van der Waals surface area contributed by atoms with E-state index < -0.39 is 11.6 Å². The molecule has 0 radical (unpaired) electrons. The summed E-state index contributed by atoms with van der Waals surface area (Å²) < 4.78 is 26.8. The van der Waals surface area contributed by atoms with Gasteiger partial charge in [0, 0.05) is 3.57 Å². The molecule has 0 bridgehead atoms. The smallest absolute Gasteiger partial charge is 0.185 e. The van der Waals surface area contributed by atoms with Gasteiger partial charge in [-0.1, -0.05) is 11.8 Å². The van der Waals surface area contributed by atoms with Gasteiger partial charge in [-0.15, -0.1) is 0 Å². The van der Waals surface area contributed by atoms with E-state index in [4.69, 9.17) is 5.26 Å². The Kier molecular flexibility index (Phi) is 4.95. The molecule has 1 rings (SSSR count). The van der Waals surface area contributed by atoms with Gasteiger partial charge in [-0.05, 0) is 41.0 Å². The summed E-state index contributed by atoms with van der Waals surface area (Å²) in [7, 11) is 0. The van der Waals surface area contributed by atoms with Crippen LogP contribution in [0.1, 0.15) is 0 Å². The Bertz CT molecular complexity index is 471. The third-order valence-corrected chi connectivity index (χ3v) is 3.04. The molecule has 0 aromatic heterocycles. The fourth-order valence-electron chi connectivity index (χ4n) is 0.893. The van der Waals surface area contributed by atoms with Gasteiger partial charge >= 0.3 is 0 Å². The van der Waals surface area contributed by atoms with Crippen LogP contribution in [0.4, 0.5) is 14.5 Å². The lowest BCUT2D eigenvalue weighted by Gasteiger charge is -2.04. The zero-order valence-electron chi connectivity index (χ0n) is 8.09. The highest BCUT2D eigenvalue weighted by Crippen LogP contribution is 2.27. The van der Waals surface area contributed by atoms with Gasteiger partial charge in [0.2, 0.25) is 0 Å². The molecule has 84 valence electrons. The van der Waals surface area contributed by atoms with Gasteiger partial charge in [-0.25, -0.2) is 13.8 Å². The number of amidine groups is 1. The molecule has 7 heteroatoms. The van der Waals surface area contributed by atoms with Crippen molar-refractivity contribution in [2.45, 2.75) is 0 Å². The van der Waals surface area contributed by atoms with Crippen LogP contribution in [0.5, 0.6) is 0 Å². The lowest BCUT2D eigenvalue weighted by molar-refractivity contribution is 0.510. The predicted octanol–water partition coefficient (Wildman–Crippen LogP) is 2.99. The molecule has 1 aromatic carbocycles. The summed E-state index contributed by atoms with van der Waals surface area (Å²) in [6.45, 7) is 0. The molecular weight excluding hydrogens is 347 g/mol. The summed E-state index contributed by atoms with van der Waals surface area (Å²) in [4.78, 5) is 3.85. The number of nitrogens with one attached hydrogen (secondary N) is 1. The van der Waals surface area contributed by atoms with Gasteiger partial charge in [0.1, 0.15) is 5.69 Å². The summed E-state index contributed by atoms with van der Waals surface area (Å²) in [6.07, 6.45) is 3.35. The molecule has 1 aromatic rings. The van der Waals surface area contributed by atoms with Crippen molar-refractivity contribution in [3.05, 3.63) is 27.3 Å². The second kappa shape index (κ2) is 6.00. The van der Waals surface area contributed by atoms with Gasteiger partial charge in [0.25, 0.3) is 0 Å². The number of nitrogens with zero attached hydrogens (tertiary/aromatic N) is 2. The summed E-state index contributed by atoms with van der Waals surface area (Å²) in [6, 6.07) is 2.45. The topological polar surface area (TPSA) is 48.2 Å². The van der Waals surface area contributed by atoms with Gasteiger partial charge < -0.3 is 0 Å². The van der Waals surface area contributed by atoms with E-state index in [1.807, 2.05) is 22.6 Å². The molecule has 0 heterocycles. The molecule has 0 atom stereocenters. The number of nitriles is 1. The third kappa shape index (κ3) is 3.05. The van der Waals surface area contributed by atoms with Crippen molar-refractivity contribution < 1.29 is 8.78 Å². The number of rotatable bonds is 1. The number of hydrogen-bond acceptors (Lipinski definition) is 3. The van der Waals surface area contributed by atoms with E-state index in [0.29, 0.717) is 3.57 Å². The van der Waals surface area contributed by atoms with Crippen molar-refractivity contribution in [2.24, 2.45) is 4.99 Å². The van der Waals surface area contributed by atoms with Crippen molar-refractivity contribution in [3.8, 4) is 6.19 Å². The standard InChI is InChI=1S/C9H6F2IN3S/c1-16-9(14-4-13)15-8-6(12)3-2-5(10)7(8)11/h2-3H,1H3,(H,14,15). The molecule has 0 unspecified atom stereocenters. The van der Waals surface area contributed by atoms with Gasteiger partial charge in [-0.3, -0.25) is 5.32 Å². The minimum Gasteiger partial charge on any atom is -0.271 e. The van der Waals surface area contributed by atoms with Crippen molar-refractivity contribution in [3.63, 3.8) is 0 Å². The molecule has 0 amide bonds. The first-order valence-electron chi connectivity index (χ1n) is 4.01. The minimum absolute atomic E-state index is 0.104. The first kappa shape index (κ1) is 13.2. The van der Waals surface area contributed by atoms with E-state index in [1.165, 1.54) is 6.07 Å². The molecule has 0 aliphatic rings. The fourth-order valence-corrected chi connectivity index (χ4v) is 1.76. The molecule has 1 N–H and O–H groups in total. The molecule has 3 nitrogen and oxygen atoms in total. The van der Waals surface area contributed by atoms with E-state index in [0.717, 1.165) is 17.8 Å². The number of aliphatic imine (C=N–C) groups is 1. The lowest BCUT2D eigenvalue weighted by Crippen LogP contribution is -2.12. The van der Waals surface area contributed by atoms with Gasteiger partial charge in [-0.2, -0.15) is 5.26 Å². The van der Waals surface area contributed by atoms with Crippen LogP contribution < -0.4 is 5.32 Å². The molecule has 0 spiro atoms. The second-order valence-corrected chi connectivity index (χ2v) is 4.51. The van der Waals surface area contributed by atoms with Crippen LogP contribution in [0, 0.1) is 26.7 Å². The molecule has 0 aliphatic carbocycles. The van der Waals surface area contributed by atoms with Crippen LogP contribution in [-0.4, -0.2) is 11.4 Å². The van der Waals surface area contributed by atoms with Gasteiger partial charge in [0.05, 0.1) is 0 Å². The lowest BCUT2D eigenvalue weighted by atomic mass is 10.3. The molecule has 0 aliphatic heterocycles. The van der Waals surface area contributed by atoms with Crippen molar-refractivity contribution in [1.29, 1.82) is 5.26 Å². The largest absolute Gasteiger partial charge is 0.271 e. The highest BCUT2D eigenvalue weighted by molar-refractivity contribution is 14.1. The van der Waals surface area contributed by atoms with Crippen LogP contribution in [0.25, 0.3) is 0 Å². The first-order valence-corrected chi connectivity index (χ1v) is 6.31. The Hall–Kier alpha value is -0.880. The first-order chi connectivity index (χ1) is 7.60. The molecule has 16 heavy (non-hydrogen) atoms. The highest BCUT2D eigenvalue weighted by atomic mass is 127. The molecule has 0 fully saturated rings. The van der Waals surface area contributed by atoms with Crippen molar-refractivity contribution >= 4 is 45.2 Å². The summed E-state index contributed by atoms with van der Waals surface area (Å²) >= 11 is 2.98. The average molecular weight is 353 g/mol. The maximum Gasteiger partial charge on any atom is 0.185 e. The third-order valence-electron chi connectivity index (χ3n) is 1.59. The molecule has 0 saturated heterocycles. The van der Waals surface area contributed by atoms with E-state index in [-0.39, 0.29) is 10.9 Å². The monoisotopic (exact) mass is 353 g/mol. The van der Waals surface area contributed by atoms with Crippen LogP contribution in [-0.2, 0) is 0 Å². The number of benzene rings is 1. The van der Waals surface area contributed by atoms with Crippen LogP contribution >= 0.6 is 34.4 Å². The summed E-state index contributed by atoms with van der Waals surface area (Å²) in [5.41, 5.74) is -0.104. The highest BCUT2D eigenvalue weighted by Gasteiger charge is 2.12. The van der Waals surface area contributed by atoms with Crippen molar-refractivity contribution in [1.82, 2.24) is 5.32 Å². The van der Waals surface area contributed by atoms with E-state index in [9.17, 15) is 8.78 Å². The Morgan fingerprint density at radius 1 is 1.56 bits per heavy atom. The van der Waals surface area contributed by atoms with Crippen LogP contribution in [0.15, 0.2) is 17.1 Å². The van der Waals surface area contributed by atoms with E-state index in [1.54, 1.807) is 12.4 Å². The van der Waals surface area contributed by atoms with Crippen LogP contribution in [0.2, 0.25) is 0 Å². The quantitative estimate of drug-likeness (QED) is 0.211. The number of halogens is 3. The minimum atomic E-state index is -1.02. The zero-order chi connectivity index (χ0) is 12.1. The Morgan fingerprint density at radius 3 is 2.81 bits per heavy atom. The Morgan fingerprint density at radius 2 is 2.25 bits per heavy atom. The normalized spacial score (nSPS) is 11.1. The summed E-state index contributed by atoms with van der Waals surface area (Å²) in [5, 5.41) is 10.9. The Labute approximate surface area is 109 Å². The number of thioether (sulfide) groups is 1. The average Bonchev–Trinajstić information content (AvgIpc) is 2.28. The fraction of sp³-hybridized carbons (Fsp3) is 0.111. The van der Waals surface area contributed by atoms with E-state index >= 15 is 0 Å². The maximum atomic E-state index is 13.4. The van der Waals surface area contributed by atoms with Crippen molar-refractivity contribution in [2.75, 3.05) is 6.26 Å².